The zero-order chi connectivity index (χ0) is 19.3. The van der Waals surface area contributed by atoms with E-state index >= 15 is 0 Å². The van der Waals surface area contributed by atoms with Crippen molar-refractivity contribution in [3.05, 3.63) is 0 Å². The second-order valence-electron chi connectivity index (χ2n) is 7.02. The Balaban J connectivity index is 5.61. The summed E-state index contributed by atoms with van der Waals surface area (Å²) in [6, 6.07) is 2.53. The fourth-order valence-corrected chi connectivity index (χ4v) is 3.91. The van der Waals surface area contributed by atoms with E-state index in [1.807, 2.05) is 13.8 Å². The van der Waals surface area contributed by atoms with E-state index in [0.29, 0.717) is 38.9 Å². The Bertz CT molecular complexity index is 373. The number of aliphatic hydroxyl groups excluding tert-OH is 3. The monoisotopic (exact) mass is 359 g/mol. The first-order valence-electron chi connectivity index (χ1n) is 9.24. The number of aliphatic hydroxyl groups is 3. The topological polar surface area (TPSA) is 103 Å². The third kappa shape index (κ3) is 7.20. The van der Waals surface area contributed by atoms with Gasteiger partial charge in [0.25, 0.3) is 0 Å². The summed E-state index contributed by atoms with van der Waals surface area (Å²) in [7, 11) is 3.26. The Morgan fingerprint density at radius 2 is 1.72 bits per heavy atom. The molecule has 0 bridgehead atoms. The molecule has 25 heavy (non-hydrogen) atoms. The molecule has 0 aromatic heterocycles. The first-order valence-corrected chi connectivity index (χ1v) is 9.24. The van der Waals surface area contributed by atoms with Gasteiger partial charge in [-0.1, -0.05) is 13.8 Å². The molecule has 5 atom stereocenters. The van der Waals surface area contributed by atoms with Gasteiger partial charge in [0.15, 0.2) is 0 Å². The van der Waals surface area contributed by atoms with Crippen LogP contribution in [0.1, 0.15) is 46.0 Å². The summed E-state index contributed by atoms with van der Waals surface area (Å²) in [4.78, 5) is 0. The van der Waals surface area contributed by atoms with Gasteiger partial charge in [0.1, 0.15) is 0 Å². The predicted molar refractivity (Wildman–Crippen MR) is 96.9 cm³/mol. The van der Waals surface area contributed by atoms with Crippen molar-refractivity contribution < 1.29 is 24.8 Å². The van der Waals surface area contributed by atoms with E-state index in [-0.39, 0.29) is 31.0 Å². The molecule has 0 aliphatic rings. The summed E-state index contributed by atoms with van der Waals surface area (Å²) < 4.78 is 10.5. The zero-order valence-electron chi connectivity index (χ0n) is 16.3. The predicted octanol–water partition coefficient (Wildman–Crippen LogP) is 1.97. The molecule has 0 fully saturated rings. The van der Waals surface area contributed by atoms with Gasteiger partial charge in [-0.05, 0) is 49.9 Å². The Morgan fingerprint density at radius 1 is 1.04 bits per heavy atom. The van der Waals surface area contributed by atoms with Gasteiger partial charge in [-0.3, -0.25) is 0 Å². The van der Waals surface area contributed by atoms with Gasteiger partial charge >= 0.3 is 0 Å². The molecule has 0 saturated carbocycles. The van der Waals surface area contributed by atoms with E-state index in [4.69, 9.17) is 14.6 Å². The van der Waals surface area contributed by atoms with E-state index in [0.717, 1.165) is 6.42 Å². The second kappa shape index (κ2) is 13.5. The van der Waals surface area contributed by atoms with E-state index in [2.05, 4.69) is 6.07 Å². The molecule has 3 N–H and O–H groups in total. The fraction of sp³-hybridized carbons (Fsp3) is 0.947. The van der Waals surface area contributed by atoms with E-state index in [1.165, 1.54) is 0 Å². The van der Waals surface area contributed by atoms with Crippen molar-refractivity contribution in [3.8, 4) is 6.07 Å². The van der Waals surface area contributed by atoms with Gasteiger partial charge in [-0.2, -0.15) is 5.26 Å². The maximum Gasteiger partial charge on any atom is 0.0696 e. The molecule has 0 aliphatic heterocycles. The number of hydrogen-bond donors (Lipinski definition) is 3. The molecule has 6 nitrogen and oxygen atoms in total. The van der Waals surface area contributed by atoms with Crippen LogP contribution in [0.25, 0.3) is 0 Å². The Labute approximate surface area is 152 Å². The summed E-state index contributed by atoms with van der Waals surface area (Å²) in [5.41, 5.74) is -0.711. The average molecular weight is 360 g/mol. The van der Waals surface area contributed by atoms with Crippen LogP contribution in [0, 0.1) is 34.5 Å². The lowest BCUT2D eigenvalue weighted by Gasteiger charge is -2.44. The maximum absolute atomic E-state index is 10.5. The summed E-state index contributed by atoms with van der Waals surface area (Å²) >= 11 is 0. The molecule has 0 aliphatic carbocycles. The Hall–Kier alpha value is -0.710. The number of hydrogen-bond acceptors (Lipinski definition) is 6. The number of rotatable bonds is 15. The zero-order valence-corrected chi connectivity index (χ0v) is 16.3. The SMILES string of the molecule is COCCCC(C#N)(C(C)COC)C(CCO)C(C)C(O)CCCO. The van der Waals surface area contributed by atoms with E-state index in [1.54, 1.807) is 14.2 Å². The smallest absolute Gasteiger partial charge is 0.0696 e. The molecule has 5 unspecified atom stereocenters. The van der Waals surface area contributed by atoms with Crippen LogP contribution in [-0.2, 0) is 9.47 Å². The highest BCUT2D eigenvalue weighted by molar-refractivity contribution is 5.07. The normalized spacial score (nSPS) is 18.8. The molecule has 0 rings (SSSR count). The van der Waals surface area contributed by atoms with Crippen LogP contribution in [0.15, 0.2) is 0 Å². The van der Waals surface area contributed by atoms with Gasteiger partial charge in [-0.15, -0.1) is 0 Å². The highest BCUT2D eigenvalue weighted by Gasteiger charge is 2.46. The largest absolute Gasteiger partial charge is 0.396 e. The first-order chi connectivity index (χ1) is 11.9. The first kappa shape index (κ1) is 24.3. The third-order valence-electron chi connectivity index (χ3n) is 5.44. The average Bonchev–Trinajstić information content (AvgIpc) is 2.61. The Morgan fingerprint density at radius 3 is 2.20 bits per heavy atom. The van der Waals surface area contributed by atoms with Crippen LogP contribution in [-0.4, -0.2) is 62.1 Å². The summed E-state index contributed by atoms with van der Waals surface area (Å²) in [6.45, 7) is 4.94. The molecule has 0 spiro atoms. The number of methoxy groups -OCH3 is 2. The molecular weight excluding hydrogens is 322 g/mol. The van der Waals surface area contributed by atoms with Crippen molar-refractivity contribution in [2.24, 2.45) is 23.2 Å². The lowest BCUT2D eigenvalue weighted by Crippen LogP contribution is -2.44. The highest BCUT2D eigenvalue weighted by Crippen LogP contribution is 2.46. The van der Waals surface area contributed by atoms with Crippen molar-refractivity contribution in [1.29, 1.82) is 5.26 Å². The molecular formula is C19H37NO5. The molecule has 0 aromatic carbocycles. The molecule has 0 radical (unpaired) electrons. The minimum atomic E-state index is -0.711. The standard InChI is InChI=1S/C19H37NO5/c1-15(13-25-4)19(14-20,9-6-12-24-3)17(8-11-22)16(2)18(23)7-5-10-21/h15-18,21-23H,5-13H2,1-4H3. The quantitative estimate of drug-likeness (QED) is 0.386. The van der Waals surface area contributed by atoms with Gasteiger partial charge in [0.05, 0.1) is 24.2 Å². The van der Waals surface area contributed by atoms with Crippen molar-refractivity contribution in [2.75, 3.05) is 40.6 Å². The van der Waals surface area contributed by atoms with Crippen LogP contribution in [0.2, 0.25) is 0 Å². The summed E-state index contributed by atoms with van der Waals surface area (Å²) in [5.74, 6) is -0.373. The van der Waals surface area contributed by atoms with Crippen LogP contribution in [0.5, 0.6) is 0 Å². The van der Waals surface area contributed by atoms with Crippen LogP contribution >= 0.6 is 0 Å². The van der Waals surface area contributed by atoms with Crippen molar-refractivity contribution >= 4 is 0 Å². The molecule has 148 valence electrons. The van der Waals surface area contributed by atoms with Gasteiger partial charge < -0.3 is 24.8 Å². The molecule has 0 aromatic rings. The number of nitriles is 1. The van der Waals surface area contributed by atoms with E-state index < -0.39 is 11.5 Å². The van der Waals surface area contributed by atoms with Crippen LogP contribution < -0.4 is 0 Å². The van der Waals surface area contributed by atoms with Crippen molar-refractivity contribution in [2.45, 2.75) is 52.1 Å². The Kier molecular flexibility index (Phi) is 13.1. The van der Waals surface area contributed by atoms with Crippen LogP contribution in [0.3, 0.4) is 0 Å². The van der Waals surface area contributed by atoms with Crippen molar-refractivity contribution in [1.82, 2.24) is 0 Å². The second-order valence-corrected chi connectivity index (χ2v) is 7.02. The lowest BCUT2D eigenvalue weighted by molar-refractivity contribution is -0.0231. The molecule has 0 heterocycles. The molecule has 0 saturated heterocycles. The molecule has 0 amide bonds. The highest BCUT2D eigenvalue weighted by atomic mass is 16.5. The van der Waals surface area contributed by atoms with E-state index in [9.17, 15) is 15.5 Å². The van der Waals surface area contributed by atoms with Gasteiger partial charge in [-0.25, -0.2) is 0 Å². The minimum absolute atomic E-state index is 0.0326. The number of ether oxygens (including phenoxy) is 2. The van der Waals surface area contributed by atoms with Gasteiger partial charge in [0.2, 0.25) is 0 Å². The van der Waals surface area contributed by atoms with Crippen LogP contribution in [0.4, 0.5) is 0 Å². The van der Waals surface area contributed by atoms with Crippen molar-refractivity contribution in [3.63, 3.8) is 0 Å². The number of nitrogens with zero attached hydrogens (tertiary/aromatic N) is 1. The minimum Gasteiger partial charge on any atom is -0.396 e. The summed E-state index contributed by atoms with van der Waals surface area (Å²) in [5, 5.41) is 39.3. The third-order valence-corrected chi connectivity index (χ3v) is 5.44. The maximum atomic E-state index is 10.5. The lowest BCUT2D eigenvalue weighted by atomic mass is 9.60. The fourth-order valence-electron chi connectivity index (χ4n) is 3.91. The molecule has 6 heteroatoms. The summed E-state index contributed by atoms with van der Waals surface area (Å²) in [6.07, 6.45) is 2.20. The van der Waals surface area contributed by atoms with Gasteiger partial charge in [0, 0.05) is 34.0 Å².